The van der Waals surface area contributed by atoms with Gasteiger partial charge in [0.1, 0.15) is 16.9 Å². The zero-order valence-electron chi connectivity index (χ0n) is 16.3. The molecular weight excluding hydrogens is 394 g/mol. The second-order valence-corrected chi connectivity index (χ2v) is 8.00. The molecule has 0 spiro atoms. The van der Waals surface area contributed by atoms with Gasteiger partial charge in [0.25, 0.3) is 0 Å². The Kier molecular flexibility index (Phi) is 4.82. The number of rotatable bonds is 4. The van der Waals surface area contributed by atoms with Gasteiger partial charge in [-0.15, -0.1) is 0 Å². The van der Waals surface area contributed by atoms with Crippen LogP contribution < -0.4 is 15.4 Å². The molecule has 0 saturated heterocycles. The highest BCUT2D eigenvalue weighted by molar-refractivity contribution is 8.00. The highest BCUT2D eigenvalue weighted by atomic mass is 32.2. The molecule has 3 heterocycles. The van der Waals surface area contributed by atoms with Gasteiger partial charge in [-0.25, -0.2) is 9.97 Å². The number of fused-ring (bicyclic) bond motifs is 1. The van der Waals surface area contributed by atoms with Crippen molar-refractivity contribution in [2.75, 3.05) is 4.90 Å². The number of nitrogens with zero attached hydrogens (tertiary/aromatic N) is 4. The lowest BCUT2D eigenvalue weighted by Gasteiger charge is -2.23. The molecule has 1 aliphatic rings. The third kappa shape index (κ3) is 3.49. The smallest absolute Gasteiger partial charge is 0.246 e. The molecule has 1 atom stereocenters. The summed E-state index contributed by atoms with van der Waals surface area (Å²) in [5.41, 5.74) is 10.8. The van der Waals surface area contributed by atoms with Gasteiger partial charge in [-0.05, 0) is 55.5 Å². The molecule has 0 aliphatic carbocycles. The Balaban J connectivity index is 1.41. The van der Waals surface area contributed by atoms with E-state index in [2.05, 4.69) is 32.0 Å². The third-order valence-electron chi connectivity index (χ3n) is 4.81. The fourth-order valence-electron chi connectivity index (χ4n) is 3.35. The molecule has 2 aromatic carbocycles. The Labute approximate surface area is 178 Å². The van der Waals surface area contributed by atoms with E-state index < -0.39 is 0 Å². The molecule has 0 bridgehead atoms. The summed E-state index contributed by atoms with van der Waals surface area (Å²) in [6.07, 6.45) is 5.04. The van der Waals surface area contributed by atoms with E-state index in [-0.39, 0.29) is 5.50 Å². The summed E-state index contributed by atoms with van der Waals surface area (Å²) >= 11 is 1.65. The average molecular weight is 414 g/mol. The fraction of sp³-hybridized carbons (Fsp3) is 0.0870. The molecule has 0 radical (unpaired) electrons. The van der Waals surface area contributed by atoms with Gasteiger partial charge in [-0.3, -0.25) is 4.98 Å². The number of aryl methyl sites for hydroxylation is 1. The Morgan fingerprint density at radius 1 is 0.933 bits per heavy atom. The minimum Gasteiger partial charge on any atom is -0.437 e. The maximum absolute atomic E-state index is 6.35. The molecule has 4 aromatic rings. The van der Waals surface area contributed by atoms with E-state index in [0.29, 0.717) is 17.3 Å². The summed E-state index contributed by atoms with van der Waals surface area (Å²) in [6.45, 7) is 1.95. The molecule has 0 amide bonds. The first kappa shape index (κ1) is 18.6. The van der Waals surface area contributed by atoms with Crippen LogP contribution in [0.15, 0.2) is 84.1 Å². The number of benzene rings is 2. The van der Waals surface area contributed by atoms with Gasteiger partial charge in [-0.2, -0.15) is 0 Å². The summed E-state index contributed by atoms with van der Waals surface area (Å²) in [7, 11) is 0. The summed E-state index contributed by atoms with van der Waals surface area (Å²) in [5.74, 6) is 1.11. The van der Waals surface area contributed by atoms with Crippen LogP contribution in [0.4, 0.5) is 11.4 Å². The van der Waals surface area contributed by atoms with E-state index in [1.54, 1.807) is 30.4 Å². The third-order valence-corrected chi connectivity index (χ3v) is 5.86. The number of thioether (sulfide) groups is 1. The first-order chi connectivity index (χ1) is 14.7. The SMILES string of the molecule is Cc1ccc(-c2nccnc2Oc2ccc(N3c4ccccc4SC3N)cc2)cn1. The zero-order chi connectivity index (χ0) is 20.5. The Bertz CT molecular complexity index is 1180. The quantitative estimate of drug-likeness (QED) is 0.497. The first-order valence-corrected chi connectivity index (χ1v) is 10.4. The number of ether oxygens (including phenoxy) is 1. The van der Waals surface area contributed by atoms with Crippen LogP contribution in [0.1, 0.15) is 5.69 Å². The summed E-state index contributed by atoms with van der Waals surface area (Å²) in [6, 6.07) is 20.0. The largest absolute Gasteiger partial charge is 0.437 e. The van der Waals surface area contributed by atoms with E-state index in [1.165, 1.54) is 4.90 Å². The lowest BCUT2D eigenvalue weighted by Crippen LogP contribution is -2.31. The van der Waals surface area contributed by atoms with Gasteiger partial charge in [-0.1, -0.05) is 23.9 Å². The van der Waals surface area contributed by atoms with E-state index in [1.807, 2.05) is 55.5 Å². The molecule has 1 aliphatic heterocycles. The molecule has 6 nitrogen and oxygen atoms in total. The van der Waals surface area contributed by atoms with Gasteiger partial charge in [0.05, 0.1) is 5.69 Å². The predicted octanol–water partition coefficient (Wildman–Crippen LogP) is 5.13. The van der Waals surface area contributed by atoms with E-state index in [0.717, 1.165) is 22.6 Å². The second kappa shape index (κ2) is 7.78. The molecule has 2 aromatic heterocycles. The summed E-state index contributed by atoms with van der Waals surface area (Å²) < 4.78 is 6.05. The Morgan fingerprint density at radius 3 is 2.53 bits per heavy atom. The van der Waals surface area contributed by atoms with E-state index in [9.17, 15) is 0 Å². The van der Waals surface area contributed by atoms with Crippen molar-refractivity contribution in [1.82, 2.24) is 15.0 Å². The molecule has 7 heteroatoms. The van der Waals surface area contributed by atoms with Crippen molar-refractivity contribution < 1.29 is 4.74 Å². The van der Waals surface area contributed by atoms with Crippen LogP contribution in [0.2, 0.25) is 0 Å². The molecule has 5 rings (SSSR count). The minimum absolute atomic E-state index is 0.158. The van der Waals surface area contributed by atoms with Crippen LogP contribution in [0, 0.1) is 6.92 Å². The lowest BCUT2D eigenvalue weighted by molar-refractivity contribution is 0.462. The highest BCUT2D eigenvalue weighted by Crippen LogP contribution is 2.45. The van der Waals surface area contributed by atoms with Crippen LogP contribution in [-0.4, -0.2) is 20.4 Å². The van der Waals surface area contributed by atoms with Crippen LogP contribution in [0.3, 0.4) is 0 Å². The van der Waals surface area contributed by atoms with Crippen LogP contribution in [-0.2, 0) is 0 Å². The van der Waals surface area contributed by atoms with Crippen LogP contribution in [0.25, 0.3) is 11.3 Å². The normalized spacial score (nSPS) is 15.1. The highest BCUT2D eigenvalue weighted by Gasteiger charge is 2.28. The Hall–Kier alpha value is -3.42. The van der Waals surface area contributed by atoms with Crippen molar-refractivity contribution in [3.8, 4) is 22.9 Å². The molecule has 30 heavy (non-hydrogen) atoms. The number of aromatic nitrogens is 3. The molecule has 0 saturated carbocycles. The molecule has 2 N–H and O–H groups in total. The van der Waals surface area contributed by atoms with Gasteiger partial charge < -0.3 is 15.4 Å². The van der Waals surface area contributed by atoms with E-state index in [4.69, 9.17) is 10.5 Å². The van der Waals surface area contributed by atoms with E-state index >= 15 is 0 Å². The maximum atomic E-state index is 6.35. The maximum Gasteiger partial charge on any atom is 0.246 e. The van der Waals surface area contributed by atoms with Crippen molar-refractivity contribution >= 4 is 23.1 Å². The first-order valence-electron chi connectivity index (χ1n) is 9.51. The van der Waals surface area contributed by atoms with Crippen molar-refractivity contribution in [3.05, 3.63) is 84.9 Å². The number of anilines is 2. The number of nitrogens with two attached hydrogens (primary N) is 1. The standard InChI is InChI=1S/C23H19N5OS/c1-15-6-7-16(14-27-15)21-22(26-13-12-25-21)29-18-10-8-17(9-11-18)28-19-4-2-3-5-20(19)30-23(28)24/h2-14,23H,24H2,1H3. The number of pyridine rings is 1. The van der Waals surface area contributed by atoms with Crippen molar-refractivity contribution in [2.45, 2.75) is 17.3 Å². The van der Waals surface area contributed by atoms with Crippen LogP contribution in [0.5, 0.6) is 11.6 Å². The number of hydrogen-bond donors (Lipinski definition) is 1. The van der Waals surface area contributed by atoms with Crippen molar-refractivity contribution in [3.63, 3.8) is 0 Å². The topological polar surface area (TPSA) is 77.2 Å². The van der Waals surface area contributed by atoms with Gasteiger partial charge >= 0.3 is 0 Å². The van der Waals surface area contributed by atoms with Gasteiger partial charge in [0.15, 0.2) is 0 Å². The molecular formula is C23H19N5OS. The lowest BCUT2D eigenvalue weighted by atomic mass is 10.2. The summed E-state index contributed by atoms with van der Waals surface area (Å²) in [5, 5.41) is 0. The monoisotopic (exact) mass is 413 g/mol. The molecule has 0 fully saturated rings. The molecule has 148 valence electrons. The average Bonchev–Trinajstić information content (AvgIpc) is 3.11. The van der Waals surface area contributed by atoms with Crippen molar-refractivity contribution in [1.29, 1.82) is 0 Å². The van der Waals surface area contributed by atoms with Crippen LogP contribution >= 0.6 is 11.8 Å². The number of hydrogen-bond acceptors (Lipinski definition) is 7. The minimum atomic E-state index is -0.158. The molecule has 1 unspecified atom stereocenters. The predicted molar refractivity (Wildman–Crippen MR) is 119 cm³/mol. The van der Waals surface area contributed by atoms with Gasteiger partial charge in [0, 0.05) is 40.4 Å². The zero-order valence-corrected chi connectivity index (χ0v) is 17.1. The van der Waals surface area contributed by atoms with Crippen molar-refractivity contribution in [2.24, 2.45) is 5.73 Å². The van der Waals surface area contributed by atoms with Gasteiger partial charge in [0.2, 0.25) is 5.88 Å². The Morgan fingerprint density at radius 2 is 1.73 bits per heavy atom. The number of para-hydroxylation sites is 1. The fourth-order valence-corrected chi connectivity index (χ4v) is 4.40. The second-order valence-electron chi connectivity index (χ2n) is 6.84. The summed E-state index contributed by atoms with van der Waals surface area (Å²) in [4.78, 5) is 16.4.